The second-order valence-electron chi connectivity index (χ2n) is 5.58. The van der Waals surface area contributed by atoms with Gasteiger partial charge in [0.2, 0.25) is 0 Å². The first-order valence-corrected chi connectivity index (χ1v) is 9.50. The van der Waals surface area contributed by atoms with Gasteiger partial charge in [-0.15, -0.1) is 23.1 Å². The average molecular weight is 319 g/mol. The first-order valence-electron chi connectivity index (χ1n) is 7.64. The minimum Gasteiger partial charge on any atom is -0.313 e. The molecule has 2 aromatic rings. The van der Waals surface area contributed by atoms with Crippen molar-refractivity contribution in [2.75, 3.05) is 12.3 Å². The molecule has 2 heterocycles. The lowest BCUT2D eigenvalue weighted by molar-refractivity contribution is 0.449. The second kappa shape index (κ2) is 6.95. The van der Waals surface area contributed by atoms with E-state index in [0.717, 1.165) is 13.0 Å². The zero-order chi connectivity index (χ0) is 14.7. The Balaban J connectivity index is 1.79. The number of nitrogens with one attached hydrogen (secondary N) is 1. The Labute approximate surface area is 135 Å². The van der Waals surface area contributed by atoms with Crippen molar-refractivity contribution in [2.24, 2.45) is 0 Å². The molecule has 0 aliphatic carbocycles. The van der Waals surface area contributed by atoms with Crippen molar-refractivity contribution < 1.29 is 0 Å². The first-order chi connectivity index (χ1) is 10.3. The molecule has 4 heteroatoms. The SMILES string of the molecule is CCCNC(Cc1csc(C)n1)C1CSc2ccccc21. The van der Waals surface area contributed by atoms with Gasteiger partial charge in [0.1, 0.15) is 0 Å². The van der Waals surface area contributed by atoms with E-state index in [0.29, 0.717) is 12.0 Å². The summed E-state index contributed by atoms with van der Waals surface area (Å²) in [7, 11) is 0. The number of aromatic nitrogens is 1. The lowest BCUT2D eigenvalue weighted by atomic mass is 9.90. The van der Waals surface area contributed by atoms with Gasteiger partial charge in [-0.2, -0.15) is 0 Å². The van der Waals surface area contributed by atoms with Crippen molar-refractivity contribution in [1.29, 1.82) is 0 Å². The van der Waals surface area contributed by atoms with E-state index in [9.17, 15) is 0 Å². The molecule has 3 rings (SSSR count). The normalized spacial score (nSPS) is 18.7. The first kappa shape index (κ1) is 15.1. The predicted octanol–water partition coefficient (Wildman–Crippen LogP) is 4.25. The van der Waals surface area contributed by atoms with E-state index >= 15 is 0 Å². The van der Waals surface area contributed by atoms with Gasteiger partial charge < -0.3 is 5.32 Å². The Morgan fingerprint density at radius 1 is 1.38 bits per heavy atom. The van der Waals surface area contributed by atoms with Crippen LogP contribution in [0.25, 0.3) is 0 Å². The van der Waals surface area contributed by atoms with Crippen LogP contribution in [0.5, 0.6) is 0 Å². The van der Waals surface area contributed by atoms with E-state index in [4.69, 9.17) is 0 Å². The van der Waals surface area contributed by atoms with Gasteiger partial charge in [-0.05, 0) is 31.5 Å². The van der Waals surface area contributed by atoms with Crippen LogP contribution < -0.4 is 5.32 Å². The molecular formula is C17H22N2S2. The van der Waals surface area contributed by atoms with Gasteiger partial charge in [0, 0.05) is 34.4 Å². The van der Waals surface area contributed by atoms with Gasteiger partial charge in [0.05, 0.1) is 10.7 Å². The number of thioether (sulfide) groups is 1. The van der Waals surface area contributed by atoms with E-state index in [-0.39, 0.29) is 0 Å². The standard InChI is InChI=1S/C17H22N2S2/c1-3-8-18-16(9-13-10-20-12(2)19-13)15-11-21-17-7-5-4-6-14(15)17/h4-7,10,15-16,18H,3,8-9,11H2,1-2H3. The molecule has 0 radical (unpaired) electrons. The van der Waals surface area contributed by atoms with Gasteiger partial charge in [0.25, 0.3) is 0 Å². The number of benzene rings is 1. The maximum atomic E-state index is 4.66. The van der Waals surface area contributed by atoms with Crippen molar-refractivity contribution in [2.45, 2.75) is 43.5 Å². The van der Waals surface area contributed by atoms with Crippen LogP contribution >= 0.6 is 23.1 Å². The third kappa shape index (κ3) is 3.50. The van der Waals surface area contributed by atoms with Crippen LogP contribution in [-0.4, -0.2) is 23.3 Å². The molecule has 2 unspecified atom stereocenters. The molecule has 0 bridgehead atoms. The molecule has 2 atom stereocenters. The molecule has 0 saturated heterocycles. The van der Waals surface area contributed by atoms with Crippen LogP contribution in [0.1, 0.15) is 35.5 Å². The molecule has 1 aliphatic rings. The summed E-state index contributed by atoms with van der Waals surface area (Å²) in [6.45, 7) is 5.40. The van der Waals surface area contributed by atoms with Gasteiger partial charge in [-0.1, -0.05) is 25.1 Å². The Morgan fingerprint density at radius 3 is 3.00 bits per heavy atom. The summed E-state index contributed by atoms with van der Waals surface area (Å²) >= 11 is 3.75. The Bertz CT molecular complexity index is 594. The lowest BCUT2D eigenvalue weighted by Crippen LogP contribution is -2.37. The Morgan fingerprint density at radius 2 is 2.24 bits per heavy atom. The third-order valence-corrected chi connectivity index (χ3v) is 6.01. The molecule has 1 aromatic carbocycles. The summed E-state index contributed by atoms with van der Waals surface area (Å²) in [5, 5.41) is 7.14. The summed E-state index contributed by atoms with van der Waals surface area (Å²) in [5.74, 6) is 1.78. The van der Waals surface area contributed by atoms with Crippen molar-refractivity contribution in [1.82, 2.24) is 10.3 Å². The smallest absolute Gasteiger partial charge is 0.0897 e. The molecule has 1 aliphatic heterocycles. The number of thiazole rings is 1. The molecule has 0 amide bonds. The molecule has 0 saturated carbocycles. The molecule has 2 nitrogen and oxygen atoms in total. The van der Waals surface area contributed by atoms with Gasteiger partial charge >= 0.3 is 0 Å². The molecule has 1 N–H and O–H groups in total. The zero-order valence-electron chi connectivity index (χ0n) is 12.6. The topological polar surface area (TPSA) is 24.9 Å². The summed E-state index contributed by atoms with van der Waals surface area (Å²) in [5.41, 5.74) is 2.75. The quantitative estimate of drug-likeness (QED) is 0.862. The minimum atomic E-state index is 0.489. The second-order valence-corrected chi connectivity index (χ2v) is 7.70. The number of rotatable bonds is 6. The highest BCUT2D eigenvalue weighted by Crippen LogP contribution is 2.41. The Kier molecular flexibility index (Phi) is 4.99. The number of nitrogens with zero attached hydrogens (tertiary/aromatic N) is 1. The molecular weight excluding hydrogens is 296 g/mol. The molecule has 0 fully saturated rings. The molecule has 0 spiro atoms. The van der Waals surface area contributed by atoms with E-state index in [1.165, 1.54) is 33.3 Å². The summed E-state index contributed by atoms with van der Waals surface area (Å²) < 4.78 is 0. The van der Waals surface area contributed by atoms with E-state index < -0.39 is 0 Å². The van der Waals surface area contributed by atoms with E-state index in [2.05, 4.69) is 53.8 Å². The monoisotopic (exact) mass is 318 g/mol. The van der Waals surface area contributed by atoms with Gasteiger partial charge in [0.15, 0.2) is 0 Å². The number of aryl methyl sites for hydroxylation is 1. The van der Waals surface area contributed by atoms with Crippen LogP contribution in [-0.2, 0) is 6.42 Å². The van der Waals surface area contributed by atoms with Crippen LogP contribution in [0.15, 0.2) is 34.5 Å². The maximum Gasteiger partial charge on any atom is 0.0897 e. The van der Waals surface area contributed by atoms with Crippen molar-refractivity contribution in [3.8, 4) is 0 Å². The predicted molar refractivity (Wildman–Crippen MR) is 92.5 cm³/mol. The summed E-state index contributed by atoms with van der Waals surface area (Å²) in [6.07, 6.45) is 2.21. The fourth-order valence-electron chi connectivity index (χ4n) is 2.93. The van der Waals surface area contributed by atoms with Crippen molar-refractivity contribution in [3.05, 3.63) is 45.9 Å². The number of fused-ring (bicyclic) bond motifs is 1. The van der Waals surface area contributed by atoms with E-state index in [1.54, 1.807) is 11.3 Å². The maximum absolute atomic E-state index is 4.66. The lowest BCUT2D eigenvalue weighted by Gasteiger charge is -2.24. The number of hydrogen-bond acceptors (Lipinski definition) is 4. The van der Waals surface area contributed by atoms with Crippen LogP contribution in [0.3, 0.4) is 0 Å². The van der Waals surface area contributed by atoms with Crippen molar-refractivity contribution >= 4 is 23.1 Å². The van der Waals surface area contributed by atoms with Gasteiger partial charge in [-0.3, -0.25) is 0 Å². The van der Waals surface area contributed by atoms with Crippen LogP contribution in [0.2, 0.25) is 0 Å². The molecule has 1 aromatic heterocycles. The van der Waals surface area contributed by atoms with Gasteiger partial charge in [-0.25, -0.2) is 4.98 Å². The van der Waals surface area contributed by atoms with E-state index in [1.807, 2.05) is 11.8 Å². The molecule has 21 heavy (non-hydrogen) atoms. The summed E-state index contributed by atoms with van der Waals surface area (Å²) in [4.78, 5) is 6.12. The van der Waals surface area contributed by atoms with Crippen LogP contribution in [0.4, 0.5) is 0 Å². The number of hydrogen-bond donors (Lipinski definition) is 1. The summed E-state index contributed by atoms with van der Waals surface area (Å²) in [6, 6.07) is 9.35. The highest BCUT2D eigenvalue weighted by Gasteiger charge is 2.30. The third-order valence-electron chi connectivity index (χ3n) is 3.97. The van der Waals surface area contributed by atoms with Crippen LogP contribution in [0, 0.1) is 6.92 Å². The Hall–Kier alpha value is -0.840. The average Bonchev–Trinajstić information content (AvgIpc) is 3.09. The highest BCUT2D eigenvalue weighted by molar-refractivity contribution is 7.99. The highest BCUT2D eigenvalue weighted by atomic mass is 32.2. The zero-order valence-corrected chi connectivity index (χ0v) is 14.3. The fraction of sp³-hybridized carbons (Fsp3) is 0.471. The van der Waals surface area contributed by atoms with Crippen molar-refractivity contribution in [3.63, 3.8) is 0 Å². The largest absolute Gasteiger partial charge is 0.313 e. The fourth-order valence-corrected chi connectivity index (χ4v) is 4.89. The minimum absolute atomic E-state index is 0.489. The molecule has 112 valence electrons.